The Kier molecular flexibility index (Phi) is 8.88. The number of carbonyl (C=O) groups is 1. The predicted molar refractivity (Wildman–Crippen MR) is 155 cm³/mol. The zero-order chi connectivity index (χ0) is 27.4. The third kappa shape index (κ3) is 6.81. The van der Waals surface area contributed by atoms with Gasteiger partial charge in [0.25, 0.3) is 5.91 Å². The van der Waals surface area contributed by atoms with Crippen molar-refractivity contribution < 1.29 is 19.0 Å². The van der Waals surface area contributed by atoms with Crippen LogP contribution >= 0.6 is 11.3 Å². The minimum absolute atomic E-state index is 0.0606. The van der Waals surface area contributed by atoms with Gasteiger partial charge in [0.2, 0.25) is 0 Å². The molecule has 0 bridgehead atoms. The first-order valence-corrected chi connectivity index (χ1v) is 14.7. The fourth-order valence-electron chi connectivity index (χ4n) is 5.36. The summed E-state index contributed by atoms with van der Waals surface area (Å²) in [4.78, 5) is 23.1. The lowest BCUT2D eigenvalue weighted by molar-refractivity contribution is -0.0552. The SMILES string of the molecule is C=C(Nc1ccc(CN2CCOCC2(C)C)cc1C(=O)NC1CCOCC1)c1csc(N2CC[C@H](OC)C2)n1. The first-order valence-electron chi connectivity index (χ1n) is 13.9. The van der Waals surface area contributed by atoms with Crippen molar-refractivity contribution in [3.63, 3.8) is 0 Å². The molecule has 2 N–H and O–H groups in total. The number of thiazole rings is 1. The number of hydrogen-bond donors (Lipinski definition) is 2. The molecule has 3 aliphatic heterocycles. The number of rotatable bonds is 9. The molecule has 0 saturated carbocycles. The minimum atomic E-state index is -0.0815. The quantitative estimate of drug-likeness (QED) is 0.481. The van der Waals surface area contributed by atoms with Crippen molar-refractivity contribution in [2.75, 3.05) is 63.4 Å². The Labute approximate surface area is 235 Å². The van der Waals surface area contributed by atoms with E-state index in [0.717, 1.165) is 74.1 Å². The lowest BCUT2D eigenvalue weighted by atomic mass is 10.00. The number of methoxy groups -OCH3 is 1. The molecule has 3 saturated heterocycles. The molecule has 2 aromatic rings. The topological polar surface area (TPSA) is 88.2 Å². The highest BCUT2D eigenvalue weighted by Gasteiger charge is 2.31. The number of hydrogen-bond acceptors (Lipinski definition) is 9. The highest BCUT2D eigenvalue weighted by atomic mass is 32.1. The number of benzene rings is 1. The summed E-state index contributed by atoms with van der Waals surface area (Å²) in [7, 11) is 1.76. The van der Waals surface area contributed by atoms with Gasteiger partial charge >= 0.3 is 0 Å². The highest BCUT2D eigenvalue weighted by molar-refractivity contribution is 7.13. The second kappa shape index (κ2) is 12.3. The molecule has 4 heterocycles. The van der Waals surface area contributed by atoms with Gasteiger partial charge in [0.05, 0.1) is 42.0 Å². The molecule has 39 heavy (non-hydrogen) atoms. The van der Waals surface area contributed by atoms with Crippen LogP contribution in [0.3, 0.4) is 0 Å². The molecular weight excluding hydrogens is 514 g/mol. The maximum absolute atomic E-state index is 13.6. The number of aromatic nitrogens is 1. The Morgan fingerprint density at radius 1 is 1.21 bits per heavy atom. The van der Waals surface area contributed by atoms with Crippen LogP contribution in [0.1, 0.15) is 54.7 Å². The normalized spacial score (nSPS) is 22.1. The Bertz CT molecular complexity index is 1160. The van der Waals surface area contributed by atoms with Gasteiger partial charge in [-0.2, -0.15) is 0 Å². The predicted octanol–water partition coefficient (Wildman–Crippen LogP) is 3.97. The zero-order valence-electron chi connectivity index (χ0n) is 23.3. The molecular formula is C29H41N5O4S. The monoisotopic (exact) mass is 555 g/mol. The zero-order valence-corrected chi connectivity index (χ0v) is 24.1. The van der Waals surface area contributed by atoms with Crippen molar-refractivity contribution in [1.29, 1.82) is 0 Å². The van der Waals surface area contributed by atoms with E-state index in [-0.39, 0.29) is 23.6 Å². The van der Waals surface area contributed by atoms with E-state index in [1.54, 1.807) is 18.4 Å². The average Bonchev–Trinajstić information content (AvgIpc) is 3.61. The van der Waals surface area contributed by atoms with E-state index >= 15 is 0 Å². The summed E-state index contributed by atoms with van der Waals surface area (Å²) in [6.07, 6.45) is 2.90. The lowest BCUT2D eigenvalue weighted by Gasteiger charge is -2.42. The van der Waals surface area contributed by atoms with Crippen LogP contribution in [0.5, 0.6) is 0 Å². The van der Waals surface area contributed by atoms with Gasteiger partial charge < -0.3 is 29.7 Å². The summed E-state index contributed by atoms with van der Waals surface area (Å²) in [5, 5.41) is 9.62. The third-order valence-electron chi connectivity index (χ3n) is 7.91. The van der Waals surface area contributed by atoms with Crippen LogP contribution in [0.15, 0.2) is 30.2 Å². The molecule has 212 valence electrons. The smallest absolute Gasteiger partial charge is 0.253 e. The Hall–Kier alpha value is -2.50. The summed E-state index contributed by atoms with van der Waals surface area (Å²) in [6, 6.07) is 6.21. The van der Waals surface area contributed by atoms with Crippen molar-refractivity contribution in [3.05, 3.63) is 47.0 Å². The maximum atomic E-state index is 13.6. The van der Waals surface area contributed by atoms with E-state index < -0.39 is 0 Å². The van der Waals surface area contributed by atoms with E-state index in [2.05, 4.69) is 46.9 Å². The number of anilines is 2. The van der Waals surface area contributed by atoms with Gasteiger partial charge in [-0.25, -0.2) is 4.98 Å². The van der Waals surface area contributed by atoms with Crippen LogP contribution in [0, 0.1) is 0 Å². The summed E-state index contributed by atoms with van der Waals surface area (Å²) >= 11 is 1.61. The van der Waals surface area contributed by atoms with E-state index in [4.69, 9.17) is 19.2 Å². The molecule has 1 atom stereocenters. The first-order chi connectivity index (χ1) is 18.8. The molecule has 1 aromatic carbocycles. The van der Waals surface area contributed by atoms with Crippen LogP contribution in [-0.2, 0) is 20.8 Å². The van der Waals surface area contributed by atoms with Crippen LogP contribution in [-0.4, -0.2) is 86.6 Å². The van der Waals surface area contributed by atoms with E-state index in [1.807, 2.05) is 17.5 Å². The molecule has 0 spiro atoms. The van der Waals surface area contributed by atoms with E-state index in [1.165, 1.54) is 0 Å². The molecule has 5 rings (SSSR count). The van der Waals surface area contributed by atoms with Crippen LogP contribution in [0.2, 0.25) is 0 Å². The molecule has 3 fully saturated rings. The molecule has 0 unspecified atom stereocenters. The Morgan fingerprint density at radius 3 is 2.77 bits per heavy atom. The standard InChI is InChI=1S/C29H41N5O4S/c1-20(26-18-39-28(32-26)33-10-7-23(17-33)36-4)30-25-6-5-21(16-34-11-14-38-19-29(34,2)3)15-24(25)27(35)31-22-8-12-37-13-9-22/h5-6,15,18,22-23,30H,1,7-14,16-17,19H2,2-4H3,(H,31,35)/t23-/m0/s1. The maximum Gasteiger partial charge on any atom is 0.253 e. The molecule has 9 nitrogen and oxygen atoms in total. The molecule has 0 aliphatic carbocycles. The van der Waals surface area contributed by atoms with Crippen LogP contribution in [0.4, 0.5) is 10.8 Å². The number of morpholine rings is 1. The summed E-state index contributed by atoms with van der Waals surface area (Å²) < 4.78 is 16.7. The highest BCUT2D eigenvalue weighted by Crippen LogP contribution is 2.30. The number of carbonyl (C=O) groups excluding carboxylic acids is 1. The van der Waals surface area contributed by atoms with Gasteiger partial charge in [-0.3, -0.25) is 9.69 Å². The largest absolute Gasteiger partial charge is 0.381 e. The van der Waals surface area contributed by atoms with Gasteiger partial charge in [0, 0.05) is 63.5 Å². The van der Waals surface area contributed by atoms with Crippen molar-refractivity contribution in [2.45, 2.75) is 57.3 Å². The van der Waals surface area contributed by atoms with Crippen molar-refractivity contribution in [1.82, 2.24) is 15.2 Å². The van der Waals surface area contributed by atoms with E-state index in [0.29, 0.717) is 31.1 Å². The first kappa shape index (κ1) is 28.0. The second-order valence-electron chi connectivity index (χ2n) is 11.2. The Balaban J connectivity index is 1.34. The van der Waals surface area contributed by atoms with Crippen molar-refractivity contribution in [2.24, 2.45) is 0 Å². The Morgan fingerprint density at radius 2 is 2.03 bits per heavy atom. The number of ether oxygens (including phenoxy) is 3. The number of nitrogens with zero attached hydrogens (tertiary/aromatic N) is 3. The van der Waals surface area contributed by atoms with E-state index in [9.17, 15) is 4.79 Å². The summed E-state index contributed by atoms with van der Waals surface area (Å²) in [5.41, 5.74) is 3.83. The van der Waals surface area contributed by atoms with Gasteiger partial charge in [0.15, 0.2) is 5.13 Å². The van der Waals surface area contributed by atoms with Crippen molar-refractivity contribution in [3.8, 4) is 0 Å². The van der Waals surface area contributed by atoms with Gasteiger partial charge in [-0.1, -0.05) is 12.6 Å². The fourth-order valence-corrected chi connectivity index (χ4v) is 6.24. The molecule has 3 aliphatic rings. The van der Waals surface area contributed by atoms with Gasteiger partial charge in [-0.05, 0) is 50.8 Å². The summed E-state index contributed by atoms with van der Waals surface area (Å²) in [6.45, 7) is 14.8. The van der Waals surface area contributed by atoms with Gasteiger partial charge in [0.1, 0.15) is 0 Å². The van der Waals surface area contributed by atoms with Crippen LogP contribution < -0.4 is 15.5 Å². The van der Waals surface area contributed by atoms with Gasteiger partial charge in [-0.15, -0.1) is 11.3 Å². The number of amides is 1. The van der Waals surface area contributed by atoms with Crippen molar-refractivity contribution >= 4 is 33.8 Å². The molecule has 0 radical (unpaired) electrons. The molecule has 1 aromatic heterocycles. The van der Waals surface area contributed by atoms with Crippen LogP contribution in [0.25, 0.3) is 5.70 Å². The lowest BCUT2D eigenvalue weighted by Crippen LogP contribution is -2.52. The summed E-state index contributed by atoms with van der Waals surface area (Å²) in [5.74, 6) is -0.0815. The minimum Gasteiger partial charge on any atom is -0.381 e. The number of nitrogens with one attached hydrogen (secondary N) is 2. The molecule has 10 heteroatoms. The fraction of sp³-hybridized carbons (Fsp3) is 0.586. The second-order valence-corrected chi connectivity index (χ2v) is 12.1. The third-order valence-corrected chi connectivity index (χ3v) is 8.81. The molecule has 1 amide bonds. The average molecular weight is 556 g/mol.